The lowest BCUT2D eigenvalue weighted by Gasteiger charge is -2.14. The standard InChI is InChI=1S/C20H22N2O3S/c1-5-12-8-14(10-18(24-3)19(12)25-4)20-15(11-22-26-20)13-6-7-17(23-2)16(21)9-13/h6-11H,5,21H2,1-4H3. The van der Waals surface area contributed by atoms with Crippen LogP contribution in [0, 0.1) is 0 Å². The van der Waals surface area contributed by atoms with E-state index in [9.17, 15) is 0 Å². The molecule has 3 aromatic rings. The van der Waals surface area contributed by atoms with Gasteiger partial charge in [-0.3, -0.25) is 0 Å². The molecule has 0 unspecified atom stereocenters. The van der Waals surface area contributed by atoms with Crippen molar-refractivity contribution in [1.29, 1.82) is 0 Å². The van der Waals surface area contributed by atoms with Gasteiger partial charge in [-0.1, -0.05) is 13.0 Å². The zero-order chi connectivity index (χ0) is 18.7. The number of methoxy groups -OCH3 is 3. The largest absolute Gasteiger partial charge is 0.495 e. The Balaban J connectivity index is 2.13. The molecule has 5 nitrogen and oxygen atoms in total. The quantitative estimate of drug-likeness (QED) is 0.640. The van der Waals surface area contributed by atoms with Crippen LogP contribution in [0.4, 0.5) is 5.69 Å². The van der Waals surface area contributed by atoms with Gasteiger partial charge in [0.15, 0.2) is 11.5 Å². The minimum atomic E-state index is 0.601. The molecule has 1 heterocycles. The van der Waals surface area contributed by atoms with Crippen LogP contribution in [0.15, 0.2) is 36.5 Å². The molecule has 0 saturated carbocycles. The summed E-state index contributed by atoms with van der Waals surface area (Å²) in [6.07, 6.45) is 2.71. The van der Waals surface area contributed by atoms with Crippen molar-refractivity contribution in [3.05, 3.63) is 42.1 Å². The first-order chi connectivity index (χ1) is 12.6. The van der Waals surface area contributed by atoms with E-state index in [0.717, 1.165) is 45.1 Å². The Labute approximate surface area is 157 Å². The third-order valence-electron chi connectivity index (χ3n) is 4.31. The second-order valence-corrected chi connectivity index (χ2v) is 6.55. The van der Waals surface area contributed by atoms with Gasteiger partial charge in [0.05, 0.1) is 31.9 Å². The molecule has 0 aliphatic heterocycles. The van der Waals surface area contributed by atoms with Gasteiger partial charge in [-0.25, -0.2) is 0 Å². The molecule has 26 heavy (non-hydrogen) atoms. The third-order valence-corrected chi connectivity index (χ3v) is 5.16. The van der Waals surface area contributed by atoms with E-state index in [1.807, 2.05) is 30.5 Å². The molecule has 0 spiro atoms. The topological polar surface area (TPSA) is 66.6 Å². The highest BCUT2D eigenvalue weighted by Gasteiger charge is 2.17. The number of rotatable bonds is 6. The molecule has 6 heteroatoms. The van der Waals surface area contributed by atoms with Crippen molar-refractivity contribution in [1.82, 2.24) is 4.37 Å². The number of ether oxygens (including phenoxy) is 3. The first-order valence-corrected chi connectivity index (χ1v) is 9.04. The molecule has 1 aromatic heterocycles. The van der Waals surface area contributed by atoms with E-state index in [0.29, 0.717) is 11.4 Å². The SMILES string of the molecule is CCc1cc(-c2sncc2-c2ccc(OC)c(N)c2)cc(OC)c1OC. The van der Waals surface area contributed by atoms with Crippen molar-refractivity contribution in [3.63, 3.8) is 0 Å². The Kier molecular flexibility index (Phi) is 5.32. The van der Waals surface area contributed by atoms with Crippen LogP contribution < -0.4 is 19.9 Å². The molecule has 0 atom stereocenters. The van der Waals surface area contributed by atoms with Gasteiger partial charge in [-0.15, -0.1) is 0 Å². The van der Waals surface area contributed by atoms with Crippen LogP contribution in [-0.4, -0.2) is 25.7 Å². The normalized spacial score (nSPS) is 10.6. The summed E-state index contributed by atoms with van der Waals surface area (Å²) in [5.41, 5.74) is 10.8. The maximum Gasteiger partial charge on any atom is 0.163 e. The molecule has 3 rings (SSSR count). The number of nitrogen functional groups attached to an aromatic ring is 1. The lowest BCUT2D eigenvalue weighted by molar-refractivity contribution is 0.352. The fraction of sp³-hybridized carbons (Fsp3) is 0.250. The van der Waals surface area contributed by atoms with E-state index in [1.165, 1.54) is 11.5 Å². The van der Waals surface area contributed by atoms with Gasteiger partial charge >= 0.3 is 0 Å². The average molecular weight is 370 g/mol. The molecule has 136 valence electrons. The minimum absolute atomic E-state index is 0.601. The maximum atomic E-state index is 6.08. The molecule has 0 aliphatic rings. The Morgan fingerprint density at radius 3 is 2.35 bits per heavy atom. The Morgan fingerprint density at radius 1 is 0.962 bits per heavy atom. The first-order valence-electron chi connectivity index (χ1n) is 8.26. The van der Waals surface area contributed by atoms with Gasteiger partial charge < -0.3 is 19.9 Å². The molecule has 0 bridgehead atoms. The van der Waals surface area contributed by atoms with Crippen molar-refractivity contribution in [2.45, 2.75) is 13.3 Å². The lowest BCUT2D eigenvalue weighted by Crippen LogP contribution is -1.96. The average Bonchev–Trinajstić information content (AvgIpc) is 3.16. The highest BCUT2D eigenvalue weighted by Crippen LogP contribution is 2.42. The molecule has 0 amide bonds. The van der Waals surface area contributed by atoms with Gasteiger partial charge in [0.25, 0.3) is 0 Å². The first kappa shape index (κ1) is 18.1. The number of aromatic nitrogens is 1. The summed E-state index contributed by atoms with van der Waals surface area (Å²) < 4.78 is 20.7. The van der Waals surface area contributed by atoms with Gasteiger partial charge in [0.2, 0.25) is 0 Å². The predicted molar refractivity (Wildman–Crippen MR) is 106 cm³/mol. The monoisotopic (exact) mass is 370 g/mol. The van der Waals surface area contributed by atoms with E-state index in [4.69, 9.17) is 19.9 Å². The number of hydrogen-bond donors (Lipinski definition) is 1. The Hall–Kier alpha value is -2.73. The summed E-state index contributed by atoms with van der Waals surface area (Å²) in [7, 11) is 4.92. The highest BCUT2D eigenvalue weighted by molar-refractivity contribution is 7.10. The van der Waals surface area contributed by atoms with Crippen LogP contribution in [0.25, 0.3) is 21.6 Å². The smallest absolute Gasteiger partial charge is 0.163 e. The molecule has 0 aliphatic carbocycles. The van der Waals surface area contributed by atoms with E-state index in [-0.39, 0.29) is 0 Å². The summed E-state index contributed by atoms with van der Waals surface area (Å²) in [6, 6.07) is 9.89. The third kappa shape index (κ3) is 3.20. The number of hydrogen-bond acceptors (Lipinski definition) is 6. The molecular formula is C20H22N2O3S. The molecule has 2 N–H and O–H groups in total. The number of benzene rings is 2. The summed E-state index contributed by atoms with van der Waals surface area (Å²) in [5.74, 6) is 2.16. The van der Waals surface area contributed by atoms with E-state index in [1.54, 1.807) is 21.3 Å². The lowest BCUT2D eigenvalue weighted by atomic mass is 10.00. The van der Waals surface area contributed by atoms with E-state index in [2.05, 4.69) is 17.4 Å². The van der Waals surface area contributed by atoms with Crippen molar-refractivity contribution < 1.29 is 14.2 Å². The summed E-state index contributed by atoms with van der Waals surface area (Å²) in [5, 5.41) is 0. The fourth-order valence-corrected chi connectivity index (χ4v) is 3.75. The second-order valence-electron chi connectivity index (χ2n) is 5.75. The molecule has 2 aromatic carbocycles. The molecule has 0 saturated heterocycles. The Morgan fingerprint density at radius 2 is 1.73 bits per heavy atom. The maximum absolute atomic E-state index is 6.08. The van der Waals surface area contributed by atoms with Crippen molar-refractivity contribution >= 4 is 17.2 Å². The molecule has 0 fully saturated rings. The number of nitrogens with zero attached hydrogens (tertiary/aromatic N) is 1. The predicted octanol–water partition coefficient (Wildman–Crippen LogP) is 4.65. The van der Waals surface area contributed by atoms with Crippen molar-refractivity contribution in [2.75, 3.05) is 27.1 Å². The summed E-state index contributed by atoms with van der Waals surface area (Å²) >= 11 is 1.45. The van der Waals surface area contributed by atoms with Crippen molar-refractivity contribution in [3.8, 4) is 38.8 Å². The zero-order valence-electron chi connectivity index (χ0n) is 15.3. The van der Waals surface area contributed by atoms with Crippen LogP contribution in [0.2, 0.25) is 0 Å². The summed E-state index contributed by atoms with van der Waals surface area (Å²) in [4.78, 5) is 1.06. The number of anilines is 1. The van der Waals surface area contributed by atoms with E-state index >= 15 is 0 Å². The van der Waals surface area contributed by atoms with Gasteiger partial charge in [0, 0.05) is 11.8 Å². The van der Waals surface area contributed by atoms with E-state index < -0.39 is 0 Å². The van der Waals surface area contributed by atoms with Gasteiger partial charge in [-0.05, 0) is 58.9 Å². The fourth-order valence-electron chi connectivity index (χ4n) is 2.99. The van der Waals surface area contributed by atoms with Gasteiger partial charge in [-0.2, -0.15) is 4.37 Å². The van der Waals surface area contributed by atoms with Crippen LogP contribution in [0.1, 0.15) is 12.5 Å². The van der Waals surface area contributed by atoms with Gasteiger partial charge in [0.1, 0.15) is 5.75 Å². The highest BCUT2D eigenvalue weighted by atomic mass is 32.1. The summed E-state index contributed by atoms with van der Waals surface area (Å²) in [6.45, 7) is 2.10. The van der Waals surface area contributed by atoms with Crippen LogP contribution in [0.5, 0.6) is 17.2 Å². The van der Waals surface area contributed by atoms with Crippen LogP contribution >= 0.6 is 11.5 Å². The second kappa shape index (κ2) is 7.66. The van der Waals surface area contributed by atoms with Crippen LogP contribution in [0.3, 0.4) is 0 Å². The van der Waals surface area contributed by atoms with Crippen molar-refractivity contribution in [2.24, 2.45) is 0 Å². The molecule has 0 radical (unpaired) electrons. The Bertz CT molecular complexity index is 896. The number of aryl methyl sites for hydroxylation is 1. The number of nitrogens with two attached hydrogens (primary N) is 1. The minimum Gasteiger partial charge on any atom is -0.495 e. The molecular weight excluding hydrogens is 348 g/mol. The zero-order valence-corrected chi connectivity index (χ0v) is 16.1. The van der Waals surface area contributed by atoms with Crippen LogP contribution in [-0.2, 0) is 6.42 Å².